The lowest BCUT2D eigenvalue weighted by Crippen LogP contribution is -2.39. The molecule has 1 aliphatic heterocycles. The van der Waals surface area contributed by atoms with Crippen LogP contribution in [-0.4, -0.2) is 33.3 Å². The fourth-order valence-electron chi connectivity index (χ4n) is 2.90. The molecule has 1 saturated heterocycles. The average Bonchev–Trinajstić information content (AvgIpc) is 2.48. The Morgan fingerprint density at radius 1 is 1.38 bits per heavy atom. The van der Waals surface area contributed by atoms with Crippen LogP contribution in [0.1, 0.15) is 33.1 Å². The summed E-state index contributed by atoms with van der Waals surface area (Å²) in [6.45, 7) is 6.12. The van der Waals surface area contributed by atoms with Crippen LogP contribution in [0.15, 0.2) is 29.2 Å². The van der Waals surface area contributed by atoms with Crippen LogP contribution in [0.3, 0.4) is 0 Å². The molecule has 0 saturated carbocycles. The lowest BCUT2D eigenvalue weighted by atomic mass is 9.92. The van der Waals surface area contributed by atoms with Crippen molar-refractivity contribution < 1.29 is 8.42 Å². The zero-order valence-electron chi connectivity index (χ0n) is 12.9. The van der Waals surface area contributed by atoms with Gasteiger partial charge in [-0.15, -0.1) is 0 Å². The monoisotopic (exact) mass is 310 g/mol. The zero-order valence-corrected chi connectivity index (χ0v) is 13.7. The van der Waals surface area contributed by atoms with Crippen LogP contribution in [-0.2, 0) is 9.84 Å². The van der Waals surface area contributed by atoms with Crippen LogP contribution >= 0.6 is 0 Å². The van der Waals surface area contributed by atoms with Crippen molar-refractivity contribution in [3.8, 4) is 0 Å². The molecule has 2 unspecified atom stereocenters. The van der Waals surface area contributed by atoms with Gasteiger partial charge >= 0.3 is 0 Å². The molecule has 0 bridgehead atoms. The van der Waals surface area contributed by atoms with E-state index in [4.69, 9.17) is 0 Å². The van der Waals surface area contributed by atoms with Gasteiger partial charge in [-0.05, 0) is 57.3 Å². The fraction of sp³-hybridized carbons (Fsp3) is 0.625. The summed E-state index contributed by atoms with van der Waals surface area (Å²) in [5, 5.41) is 6.83. The summed E-state index contributed by atoms with van der Waals surface area (Å²) in [7, 11) is -3.20. The summed E-state index contributed by atoms with van der Waals surface area (Å²) in [4.78, 5) is 0.433. The third-order valence-corrected chi connectivity index (χ3v) is 6.09. The van der Waals surface area contributed by atoms with Gasteiger partial charge in [-0.2, -0.15) is 0 Å². The van der Waals surface area contributed by atoms with E-state index in [0.717, 1.165) is 18.8 Å². The van der Waals surface area contributed by atoms with Crippen LogP contribution in [0, 0.1) is 5.92 Å². The number of benzene rings is 1. The highest BCUT2D eigenvalue weighted by atomic mass is 32.2. The first kappa shape index (κ1) is 16.3. The van der Waals surface area contributed by atoms with Crippen LogP contribution in [0.5, 0.6) is 0 Å². The SMILES string of the molecule is CCCS(=O)(=O)c1ccccc1NC(C)C1CCCNC1. The lowest BCUT2D eigenvalue weighted by Gasteiger charge is -2.30. The molecule has 21 heavy (non-hydrogen) atoms. The highest BCUT2D eigenvalue weighted by molar-refractivity contribution is 7.91. The molecule has 2 N–H and O–H groups in total. The van der Waals surface area contributed by atoms with Crippen molar-refractivity contribution in [2.45, 2.75) is 44.0 Å². The third kappa shape index (κ3) is 4.20. The zero-order chi connectivity index (χ0) is 15.3. The second kappa shape index (κ2) is 7.27. The lowest BCUT2D eigenvalue weighted by molar-refractivity contribution is 0.347. The van der Waals surface area contributed by atoms with E-state index < -0.39 is 9.84 Å². The molecule has 5 heteroatoms. The molecule has 1 aromatic carbocycles. The van der Waals surface area contributed by atoms with Crippen molar-refractivity contribution in [2.75, 3.05) is 24.2 Å². The number of hydrogen-bond donors (Lipinski definition) is 2. The molecule has 1 aromatic rings. The highest BCUT2D eigenvalue weighted by Crippen LogP contribution is 2.25. The molecule has 0 aromatic heterocycles. The van der Waals surface area contributed by atoms with Gasteiger partial charge in [-0.25, -0.2) is 8.42 Å². The molecule has 2 atom stereocenters. The van der Waals surface area contributed by atoms with E-state index in [1.807, 2.05) is 19.1 Å². The van der Waals surface area contributed by atoms with Crippen LogP contribution in [0.2, 0.25) is 0 Å². The maximum atomic E-state index is 12.4. The normalized spacial score (nSPS) is 21.0. The van der Waals surface area contributed by atoms with Gasteiger partial charge in [0.15, 0.2) is 9.84 Å². The highest BCUT2D eigenvalue weighted by Gasteiger charge is 2.23. The summed E-state index contributed by atoms with van der Waals surface area (Å²) in [6.07, 6.45) is 3.01. The van der Waals surface area contributed by atoms with Crippen molar-refractivity contribution in [3.05, 3.63) is 24.3 Å². The number of nitrogens with one attached hydrogen (secondary N) is 2. The minimum atomic E-state index is -3.20. The maximum Gasteiger partial charge on any atom is 0.180 e. The predicted octanol–water partition coefficient (Wildman–Crippen LogP) is 2.67. The summed E-state index contributed by atoms with van der Waals surface area (Å²) in [6, 6.07) is 7.52. The van der Waals surface area contributed by atoms with Crippen molar-refractivity contribution >= 4 is 15.5 Å². The van der Waals surface area contributed by atoms with Crippen molar-refractivity contribution in [1.29, 1.82) is 0 Å². The van der Waals surface area contributed by atoms with Gasteiger partial charge < -0.3 is 10.6 Å². The van der Waals surface area contributed by atoms with E-state index in [0.29, 0.717) is 17.2 Å². The molecule has 1 heterocycles. The van der Waals surface area contributed by atoms with Gasteiger partial charge in [0.25, 0.3) is 0 Å². The second-order valence-electron chi connectivity index (χ2n) is 5.85. The molecule has 4 nitrogen and oxygen atoms in total. The first-order valence-corrected chi connectivity index (χ1v) is 9.49. The smallest absolute Gasteiger partial charge is 0.180 e. The van der Waals surface area contributed by atoms with E-state index in [-0.39, 0.29) is 11.8 Å². The van der Waals surface area contributed by atoms with Gasteiger partial charge in [-0.3, -0.25) is 0 Å². The van der Waals surface area contributed by atoms with E-state index in [2.05, 4.69) is 17.6 Å². The second-order valence-corrected chi connectivity index (χ2v) is 7.93. The Morgan fingerprint density at radius 3 is 2.81 bits per heavy atom. The molecular formula is C16H26N2O2S. The Labute approximate surface area is 128 Å². The standard InChI is InChI=1S/C16H26N2O2S/c1-3-11-21(19,20)16-9-5-4-8-15(16)18-13(2)14-7-6-10-17-12-14/h4-5,8-9,13-14,17-18H,3,6-7,10-12H2,1-2H3. The Hall–Kier alpha value is -1.07. The van der Waals surface area contributed by atoms with Crippen molar-refractivity contribution in [1.82, 2.24) is 5.32 Å². The van der Waals surface area contributed by atoms with E-state index in [1.54, 1.807) is 12.1 Å². The van der Waals surface area contributed by atoms with Gasteiger partial charge in [-0.1, -0.05) is 19.1 Å². The molecule has 2 rings (SSSR count). The average molecular weight is 310 g/mol. The van der Waals surface area contributed by atoms with Gasteiger partial charge in [0, 0.05) is 6.04 Å². The first-order chi connectivity index (χ1) is 10.0. The topological polar surface area (TPSA) is 58.2 Å². The Kier molecular flexibility index (Phi) is 5.65. The number of sulfone groups is 1. The molecule has 0 aliphatic carbocycles. The van der Waals surface area contributed by atoms with Gasteiger partial charge in [0.2, 0.25) is 0 Å². The number of hydrogen-bond acceptors (Lipinski definition) is 4. The minimum absolute atomic E-state index is 0.199. The van der Waals surface area contributed by atoms with E-state index in [1.165, 1.54) is 12.8 Å². The van der Waals surface area contributed by atoms with Crippen molar-refractivity contribution in [2.24, 2.45) is 5.92 Å². The quantitative estimate of drug-likeness (QED) is 0.848. The largest absolute Gasteiger partial charge is 0.381 e. The fourth-order valence-corrected chi connectivity index (χ4v) is 4.41. The molecule has 0 amide bonds. The molecule has 0 spiro atoms. The van der Waals surface area contributed by atoms with Crippen LogP contribution in [0.4, 0.5) is 5.69 Å². The Morgan fingerprint density at radius 2 is 2.14 bits per heavy atom. The number of para-hydroxylation sites is 1. The summed E-state index contributed by atoms with van der Waals surface area (Å²) in [5.74, 6) is 0.742. The summed E-state index contributed by atoms with van der Waals surface area (Å²) < 4.78 is 24.7. The van der Waals surface area contributed by atoms with Gasteiger partial charge in [0.05, 0.1) is 16.3 Å². The molecule has 1 fully saturated rings. The minimum Gasteiger partial charge on any atom is -0.381 e. The van der Waals surface area contributed by atoms with Crippen LogP contribution < -0.4 is 10.6 Å². The first-order valence-electron chi connectivity index (χ1n) is 7.83. The maximum absolute atomic E-state index is 12.4. The molecular weight excluding hydrogens is 284 g/mol. The van der Waals surface area contributed by atoms with Crippen molar-refractivity contribution in [3.63, 3.8) is 0 Å². The molecule has 1 aliphatic rings. The van der Waals surface area contributed by atoms with E-state index >= 15 is 0 Å². The number of piperidine rings is 1. The molecule has 118 valence electrons. The van der Waals surface area contributed by atoms with Crippen LogP contribution in [0.25, 0.3) is 0 Å². The summed E-state index contributed by atoms with van der Waals surface area (Å²) >= 11 is 0. The summed E-state index contributed by atoms with van der Waals surface area (Å²) in [5.41, 5.74) is 0.740. The number of rotatable bonds is 6. The van der Waals surface area contributed by atoms with Gasteiger partial charge in [0.1, 0.15) is 0 Å². The Balaban J connectivity index is 2.16. The predicted molar refractivity (Wildman–Crippen MR) is 87.5 cm³/mol. The van der Waals surface area contributed by atoms with E-state index in [9.17, 15) is 8.42 Å². The number of anilines is 1. The third-order valence-electron chi connectivity index (χ3n) is 4.12. The molecule has 0 radical (unpaired) electrons. The Bertz CT molecular complexity index is 551.